The number of hydrogen-bond acceptors (Lipinski definition) is 10. The highest BCUT2D eigenvalue weighted by Crippen LogP contribution is 2.40. The number of fused-ring (bicyclic) bond motifs is 2. The van der Waals surface area contributed by atoms with Crippen molar-refractivity contribution in [3.05, 3.63) is 34.5 Å². The van der Waals surface area contributed by atoms with Gasteiger partial charge in [0.25, 0.3) is 0 Å². The van der Waals surface area contributed by atoms with Gasteiger partial charge in [0.2, 0.25) is 5.43 Å². The van der Waals surface area contributed by atoms with Crippen LogP contribution in [0.3, 0.4) is 0 Å². The lowest BCUT2D eigenvalue weighted by Gasteiger charge is -2.26. The Hall–Kier alpha value is -2.87. The first-order valence-electron chi connectivity index (χ1n) is 9.45. The maximum Gasteiger partial charge on any atom is 0.511 e. The third-order valence-corrected chi connectivity index (χ3v) is 6.29. The van der Waals surface area contributed by atoms with Crippen molar-refractivity contribution in [3.63, 3.8) is 0 Å². The number of nitrogens with zero attached hydrogens (tertiary/aromatic N) is 5. The van der Waals surface area contributed by atoms with E-state index in [0.717, 1.165) is 30.4 Å². The Kier molecular flexibility index (Phi) is 5.75. The zero-order chi connectivity index (χ0) is 21.8. The standard InChI is InChI=1S/C18H17FN6O5S.ClH/c19-11-3-10-14(26)12(30-17(27)28)6-25(13-4-21-31-23-13)15(10)22-16(11)24-5-9-1-2-29-18(9,7-20)8-24;/h3-4,6,9H,1-2,5,7-8,20H2,(H,27,28);1H. The van der Waals surface area contributed by atoms with Crippen molar-refractivity contribution in [1.29, 1.82) is 0 Å². The summed E-state index contributed by atoms with van der Waals surface area (Å²) in [5.41, 5.74) is 4.72. The summed E-state index contributed by atoms with van der Waals surface area (Å²) in [4.78, 5) is 29.9. The van der Waals surface area contributed by atoms with E-state index in [1.54, 1.807) is 4.90 Å². The Morgan fingerprint density at radius 3 is 2.97 bits per heavy atom. The third kappa shape index (κ3) is 3.46. The fourth-order valence-electron chi connectivity index (χ4n) is 4.34. The van der Waals surface area contributed by atoms with E-state index in [9.17, 15) is 9.59 Å². The van der Waals surface area contributed by atoms with Crippen LogP contribution >= 0.6 is 24.1 Å². The van der Waals surface area contributed by atoms with Gasteiger partial charge in [0.1, 0.15) is 5.60 Å². The van der Waals surface area contributed by atoms with Crippen LogP contribution in [0.5, 0.6) is 5.75 Å². The Bertz CT molecular complexity index is 1240. The van der Waals surface area contributed by atoms with Crippen molar-refractivity contribution in [2.45, 2.75) is 12.0 Å². The maximum absolute atomic E-state index is 15.1. The van der Waals surface area contributed by atoms with Gasteiger partial charge in [-0.2, -0.15) is 8.75 Å². The predicted octanol–water partition coefficient (Wildman–Crippen LogP) is 1.41. The molecule has 0 aliphatic carbocycles. The molecule has 170 valence electrons. The van der Waals surface area contributed by atoms with Crippen molar-refractivity contribution >= 4 is 47.1 Å². The van der Waals surface area contributed by atoms with Crippen LogP contribution in [0.4, 0.5) is 15.0 Å². The lowest BCUT2D eigenvalue weighted by atomic mass is 9.91. The molecule has 3 N–H and O–H groups in total. The molecule has 2 aliphatic rings. The number of halogens is 2. The predicted molar refractivity (Wildman–Crippen MR) is 115 cm³/mol. The molecule has 2 saturated heterocycles. The molecule has 0 aromatic carbocycles. The largest absolute Gasteiger partial charge is 0.511 e. The molecule has 2 fully saturated rings. The minimum atomic E-state index is -1.67. The Morgan fingerprint density at radius 1 is 1.50 bits per heavy atom. The number of hydrogen-bond donors (Lipinski definition) is 2. The van der Waals surface area contributed by atoms with E-state index >= 15 is 4.39 Å². The van der Waals surface area contributed by atoms with Crippen molar-refractivity contribution < 1.29 is 23.8 Å². The Balaban J connectivity index is 0.00000245. The third-order valence-electron chi connectivity index (χ3n) is 5.82. The Morgan fingerprint density at radius 2 is 2.31 bits per heavy atom. The van der Waals surface area contributed by atoms with Gasteiger partial charge in [0.05, 0.1) is 36.1 Å². The zero-order valence-electron chi connectivity index (χ0n) is 16.4. The molecule has 2 aliphatic heterocycles. The van der Waals surface area contributed by atoms with Crippen LogP contribution in [0, 0.1) is 11.7 Å². The van der Waals surface area contributed by atoms with Crippen LogP contribution in [-0.2, 0) is 4.74 Å². The number of nitrogens with two attached hydrogens (primary N) is 1. The van der Waals surface area contributed by atoms with Crippen LogP contribution in [0.15, 0.2) is 23.3 Å². The molecular weight excluding hydrogens is 467 g/mol. The minimum Gasteiger partial charge on any atom is -0.449 e. The molecule has 5 rings (SSSR count). The number of pyridine rings is 2. The second-order valence-corrected chi connectivity index (χ2v) is 8.03. The maximum atomic E-state index is 15.1. The normalized spacial score (nSPS) is 22.1. The second-order valence-electron chi connectivity index (χ2n) is 7.47. The molecule has 11 nitrogen and oxygen atoms in total. The topological polar surface area (TPSA) is 146 Å². The molecule has 14 heteroatoms. The first kappa shape index (κ1) is 22.3. The SMILES string of the molecule is Cl.NCC12CN(c3nc4c(cc3F)c(=O)c(OC(=O)O)cn4-c3cnsn3)CC1CCO2. The lowest BCUT2D eigenvalue weighted by molar-refractivity contribution is 0.0126. The van der Waals surface area contributed by atoms with Crippen LogP contribution in [-0.4, -0.2) is 61.4 Å². The minimum absolute atomic E-state index is 0. The summed E-state index contributed by atoms with van der Waals surface area (Å²) < 4.78 is 35.0. The summed E-state index contributed by atoms with van der Waals surface area (Å²) in [6.07, 6.45) is 1.74. The summed E-state index contributed by atoms with van der Waals surface area (Å²) in [6.45, 7) is 1.84. The summed E-state index contributed by atoms with van der Waals surface area (Å²) in [7, 11) is 0. The summed E-state index contributed by atoms with van der Waals surface area (Å²) in [5.74, 6) is -0.706. The van der Waals surface area contributed by atoms with Gasteiger partial charge in [-0.25, -0.2) is 14.2 Å². The highest BCUT2D eigenvalue weighted by molar-refractivity contribution is 6.99. The van der Waals surface area contributed by atoms with Crippen molar-refractivity contribution in [2.75, 3.05) is 31.1 Å². The zero-order valence-corrected chi connectivity index (χ0v) is 18.1. The van der Waals surface area contributed by atoms with Crippen LogP contribution in [0.25, 0.3) is 16.9 Å². The average Bonchev–Trinajstić information content (AvgIpc) is 3.45. The smallest absolute Gasteiger partial charge is 0.449 e. The number of aromatic nitrogens is 4. The van der Waals surface area contributed by atoms with Crippen molar-refractivity contribution in [2.24, 2.45) is 11.7 Å². The van der Waals surface area contributed by atoms with Crippen LogP contribution in [0.1, 0.15) is 6.42 Å². The van der Waals surface area contributed by atoms with Gasteiger partial charge >= 0.3 is 6.16 Å². The molecule has 0 bridgehead atoms. The summed E-state index contributed by atoms with van der Waals surface area (Å²) in [5, 5.41) is 8.80. The molecule has 32 heavy (non-hydrogen) atoms. The molecule has 0 radical (unpaired) electrons. The van der Waals surface area contributed by atoms with E-state index in [2.05, 4.69) is 18.5 Å². The van der Waals surface area contributed by atoms with E-state index in [1.165, 1.54) is 10.8 Å². The quantitative estimate of drug-likeness (QED) is 0.521. The van der Waals surface area contributed by atoms with Gasteiger partial charge in [-0.15, -0.1) is 12.4 Å². The Labute approximate surface area is 190 Å². The molecule has 2 atom stereocenters. The van der Waals surface area contributed by atoms with E-state index in [4.69, 9.17) is 15.6 Å². The molecule has 3 aromatic rings. The van der Waals surface area contributed by atoms with E-state index in [-0.39, 0.29) is 41.0 Å². The van der Waals surface area contributed by atoms with Gasteiger partial charge in [-0.05, 0) is 12.5 Å². The van der Waals surface area contributed by atoms with E-state index < -0.39 is 28.8 Å². The molecular formula is C18H18ClFN6O5S. The van der Waals surface area contributed by atoms with Crippen molar-refractivity contribution in [3.8, 4) is 11.6 Å². The monoisotopic (exact) mass is 484 g/mol. The number of anilines is 1. The summed E-state index contributed by atoms with van der Waals surface area (Å²) in [6, 6.07) is 1.04. The van der Waals surface area contributed by atoms with Crippen LogP contribution < -0.4 is 20.8 Å². The highest BCUT2D eigenvalue weighted by Gasteiger charge is 2.50. The lowest BCUT2D eigenvalue weighted by Crippen LogP contribution is -2.44. The van der Waals surface area contributed by atoms with E-state index in [1.807, 2.05) is 0 Å². The van der Waals surface area contributed by atoms with Gasteiger partial charge in [0, 0.05) is 25.6 Å². The van der Waals surface area contributed by atoms with Crippen molar-refractivity contribution in [1.82, 2.24) is 18.3 Å². The first-order valence-corrected chi connectivity index (χ1v) is 10.2. The highest BCUT2D eigenvalue weighted by atomic mass is 35.5. The van der Waals surface area contributed by atoms with Gasteiger partial charge < -0.3 is 25.2 Å². The fraction of sp³-hybridized carbons (Fsp3) is 0.389. The molecule has 5 heterocycles. The number of ether oxygens (including phenoxy) is 2. The first-order chi connectivity index (χ1) is 14.9. The number of rotatable bonds is 4. The van der Waals surface area contributed by atoms with Gasteiger partial charge in [-0.1, -0.05) is 0 Å². The summed E-state index contributed by atoms with van der Waals surface area (Å²) >= 11 is 0.914. The molecule has 0 saturated carbocycles. The number of carboxylic acid groups (broad SMARTS) is 1. The van der Waals surface area contributed by atoms with Gasteiger partial charge in [0.15, 0.2) is 28.8 Å². The fourth-order valence-corrected chi connectivity index (χ4v) is 4.75. The second kappa shape index (κ2) is 8.24. The molecule has 2 unspecified atom stereocenters. The number of carbonyl (C=O) groups is 1. The van der Waals surface area contributed by atoms with E-state index in [0.29, 0.717) is 26.2 Å². The molecule has 0 spiro atoms. The molecule has 0 amide bonds. The van der Waals surface area contributed by atoms with Crippen LogP contribution in [0.2, 0.25) is 0 Å². The molecule has 3 aromatic heterocycles. The average molecular weight is 485 g/mol. The van der Waals surface area contributed by atoms with Gasteiger partial charge in [-0.3, -0.25) is 9.36 Å².